The maximum Gasteiger partial charge on any atom is 0.230 e. The zero-order valence-electron chi connectivity index (χ0n) is 7.85. The number of hydrogen-bond donors (Lipinski definition) is 1. The average Bonchev–Trinajstić information content (AvgIpc) is 2.50. The Kier molecular flexibility index (Phi) is 3.19. The number of hydrogen-bond acceptors (Lipinski definition) is 3. The highest BCUT2D eigenvalue weighted by Gasteiger charge is 2.35. The molecule has 2 amide bonds. The van der Waals surface area contributed by atoms with Crippen LogP contribution in [0.15, 0.2) is 25.3 Å². The SMILES string of the molecule is C=C[C@@H](O)[C@@H](C=C)N1C(=O)CCC1=O. The molecule has 0 aliphatic carbocycles. The predicted molar refractivity (Wildman–Crippen MR) is 51.3 cm³/mol. The Labute approximate surface area is 82.5 Å². The molecule has 0 saturated carbocycles. The lowest BCUT2D eigenvalue weighted by Gasteiger charge is -2.25. The molecular formula is C10H13NO3. The third kappa shape index (κ3) is 1.75. The van der Waals surface area contributed by atoms with Gasteiger partial charge in [0.05, 0.1) is 12.1 Å². The van der Waals surface area contributed by atoms with E-state index in [-0.39, 0.29) is 24.7 Å². The Balaban J connectivity index is 2.87. The first-order valence-corrected chi connectivity index (χ1v) is 4.40. The van der Waals surface area contributed by atoms with Gasteiger partial charge in [-0.1, -0.05) is 12.2 Å². The molecule has 0 aromatic carbocycles. The van der Waals surface area contributed by atoms with Crippen molar-refractivity contribution >= 4 is 11.8 Å². The van der Waals surface area contributed by atoms with Gasteiger partial charge in [-0.05, 0) is 0 Å². The van der Waals surface area contributed by atoms with Gasteiger partial charge in [0.1, 0.15) is 0 Å². The maximum atomic E-state index is 11.3. The summed E-state index contributed by atoms with van der Waals surface area (Å²) in [7, 11) is 0. The number of aliphatic hydroxyl groups is 1. The summed E-state index contributed by atoms with van der Waals surface area (Å²) in [5.74, 6) is -0.526. The van der Waals surface area contributed by atoms with Crippen molar-refractivity contribution in [2.75, 3.05) is 0 Å². The molecule has 1 heterocycles. The lowest BCUT2D eigenvalue weighted by molar-refractivity contribution is -0.141. The van der Waals surface area contributed by atoms with Crippen LogP contribution in [-0.2, 0) is 9.59 Å². The van der Waals surface area contributed by atoms with Crippen molar-refractivity contribution in [1.29, 1.82) is 0 Å². The van der Waals surface area contributed by atoms with E-state index in [0.29, 0.717) is 0 Å². The normalized spacial score (nSPS) is 20.8. The lowest BCUT2D eigenvalue weighted by atomic mass is 10.1. The van der Waals surface area contributed by atoms with Crippen LogP contribution in [0.3, 0.4) is 0 Å². The van der Waals surface area contributed by atoms with Gasteiger partial charge in [-0.3, -0.25) is 14.5 Å². The van der Waals surface area contributed by atoms with E-state index >= 15 is 0 Å². The van der Waals surface area contributed by atoms with E-state index in [0.717, 1.165) is 4.90 Å². The van der Waals surface area contributed by atoms with Gasteiger partial charge in [0, 0.05) is 12.8 Å². The van der Waals surface area contributed by atoms with Crippen LogP contribution in [0.5, 0.6) is 0 Å². The zero-order valence-corrected chi connectivity index (χ0v) is 7.85. The summed E-state index contributed by atoms with van der Waals surface area (Å²) in [6.45, 7) is 6.89. The van der Waals surface area contributed by atoms with Gasteiger partial charge < -0.3 is 5.11 Å². The van der Waals surface area contributed by atoms with Gasteiger partial charge in [0.25, 0.3) is 0 Å². The summed E-state index contributed by atoms with van der Waals surface area (Å²) in [6.07, 6.45) is 2.15. The first-order valence-electron chi connectivity index (χ1n) is 4.40. The van der Waals surface area contributed by atoms with Crippen molar-refractivity contribution in [2.45, 2.75) is 25.0 Å². The fraction of sp³-hybridized carbons (Fsp3) is 0.400. The summed E-state index contributed by atoms with van der Waals surface area (Å²) in [5, 5.41) is 9.48. The van der Waals surface area contributed by atoms with Crippen molar-refractivity contribution < 1.29 is 14.7 Å². The second-order valence-corrected chi connectivity index (χ2v) is 3.11. The van der Waals surface area contributed by atoms with E-state index in [1.54, 1.807) is 0 Å². The topological polar surface area (TPSA) is 57.6 Å². The monoisotopic (exact) mass is 195 g/mol. The Morgan fingerprint density at radius 2 is 1.71 bits per heavy atom. The van der Waals surface area contributed by atoms with Gasteiger partial charge >= 0.3 is 0 Å². The number of imide groups is 1. The van der Waals surface area contributed by atoms with Crippen molar-refractivity contribution in [2.24, 2.45) is 0 Å². The number of nitrogens with zero attached hydrogens (tertiary/aromatic N) is 1. The molecule has 4 nitrogen and oxygen atoms in total. The van der Waals surface area contributed by atoms with E-state index in [1.165, 1.54) is 12.2 Å². The molecule has 1 saturated heterocycles. The highest BCUT2D eigenvalue weighted by atomic mass is 16.3. The van der Waals surface area contributed by atoms with Crippen molar-refractivity contribution in [3.63, 3.8) is 0 Å². The second kappa shape index (κ2) is 4.19. The number of likely N-dealkylation sites (tertiary alicyclic amines) is 1. The fourth-order valence-corrected chi connectivity index (χ4v) is 1.46. The van der Waals surface area contributed by atoms with Gasteiger partial charge in [-0.15, -0.1) is 13.2 Å². The molecule has 0 aromatic rings. The van der Waals surface area contributed by atoms with Crippen LogP contribution in [-0.4, -0.2) is 34.0 Å². The summed E-state index contributed by atoms with van der Waals surface area (Å²) < 4.78 is 0. The van der Waals surface area contributed by atoms with Gasteiger partial charge in [-0.2, -0.15) is 0 Å². The summed E-state index contributed by atoms with van der Waals surface area (Å²) in [4.78, 5) is 23.7. The average molecular weight is 195 g/mol. The highest BCUT2D eigenvalue weighted by molar-refractivity contribution is 6.02. The molecule has 1 fully saturated rings. The minimum absolute atomic E-state index is 0.215. The van der Waals surface area contributed by atoms with E-state index < -0.39 is 12.1 Å². The molecule has 2 atom stereocenters. The Morgan fingerprint density at radius 1 is 1.21 bits per heavy atom. The fourth-order valence-electron chi connectivity index (χ4n) is 1.46. The summed E-state index contributed by atoms with van der Waals surface area (Å²) >= 11 is 0. The molecule has 76 valence electrons. The standard InChI is InChI=1S/C10H13NO3/c1-3-7(8(12)4-2)11-9(13)5-6-10(11)14/h3-4,7-8,12H,1-2,5-6H2/t7-,8-/m1/s1. The first kappa shape index (κ1) is 10.7. The quantitative estimate of drug-likeness (QED) is 0.516. The van der Waals surface area contributed by atoms with E-state index in [2.05, 4.69) is 13.2 Å². The van der Waals surface area contributed by atoms with Crippen LogP contribution in [0.4, 0.5) is 0 Å². The number of aliphatic hydroxyl groups excluding tert-OH is 1. The largest absolute Gasteiger partial charge is 0.387 e. The van der Waals surface area contributed by atoms with E-state index in [4.69, 9.17) is 0 Å². The van der Waals surface area contributed by atoms with Crippen molar-refractivity contribution in [1.82, 2.24) is 4.90 Å². The maximum absolute atomic E-state index is 11.3. The molecule has 1 aliphatic rings. The number of amides is 2. The molecule has 14 heavy (non-hydrogen) atoms. The minimum atomic E-state index is -0.946. The third-order valence-electron chi connectivity index (χ3n) is 2.22. The zero-order chi connectivity index (χ0) is 10.7. The molecule has 0 unspecified atom stereocenters. The third-order valence-corrected chi connectivity index (χ3v) is 2.22. The van der Waals surface area contributed by atoms with Gasteiger partial charge in [0.2, 0.25) is 11.8 Å². The number of carbonyl (C=O) groups is 2. The molecule has 1 N–H and O–H groups in total. The number of rotatable bonds is 4. The highest BCUT2D eigenvalue weighted by Crippen LogP contribution is 2.18. The molecule has 0 spiro atoms. The van der Waals surface area contributed by atoms with Crippen LogP contribution in [0.1, 0.15) is 12.8 Å². The van der Waals surface area contributed by atoms with Gasteiger partial charge in [0.15, 0.2) is 0 Å². The molecular weight excluding hydrogens is 182 g/mol. The van der Waals surface area contributed by atoms with Crippen molar-refractivity contribution in [3.8, 4) is 0 Å². The van der Waals surface area contributed by atoms with Crippen molar-refractivity contribution in [3.05, 3.63) is 25.3 Å². The smallest absolute Gasteiger partial charge is 0.230 e. The van der Waals surface area contributed by atoms with E-state index in [9.17, 15) is 14.7 Å². The van der Waals surface area contributed by atoms with E-state index in [1.807, 2.05) is 0 Å². The van der Waals surface area contributed by atoms with Crippen LogP contribution < -0.4 is 0 Å². The van der Waals surface area contributed by atoms with Gasteiger partial charge in [-0.25, -0.2) is 0 Å². The summed E-state index contributed by atoms with van der Waals surface area (Å²) in [6, 6.07) is -0.685. The Bertz CT molecular complexity index is 269. The molecule has 0 aromatic heterocycles. The molecule has 0 bridgehead atoms. The molecule has 4 heteroatoms. The number of carbonyl (C=O) groups excluding carboxylic acids is 2. The first-order chi connectivity index (χ1) is 6.61. The molecule has 1 rings (SSSR count). The van der Waals surface area contributed by atoms with Crippen LogP contribution in [0, 0.1) is 0 Å². The lowest BCUT2D eigenvalue weighted by Crippen LogP contribution is -2.44. The molecule has 0 radical (unpaired) electrons. The predicted octanol–water partition coefficient (Wildman–Crippen LogP) is 0.237. The summed E-state index contributed by atoms with van der Waals surface area (Å²) in [5.41, 5.74) is 0. The molecule has 1 aliphatic heterocycles. The van der Waals surface area contributed by atoms with Crippen LogP contribution >= 0.6 is 0 Å². The Morgan fingerprint density at radius 3 is 2.07 bits per heavy atom. The van der Waals surface area contributed by atoms with Crippen LogP contribution in [0.25, 0.3) is 0 Å². The minimum Gasteiger partial charge on any atom is -0.387 e. The second-order valence-electron chi connectivity index (χ2n) is 3.11. The Hall–Kier alpha value is -1.42. The van der Waals surface area contributed by atoms with Crippen LogP contribution in [0.2, 0.25) is 0 Å².